The lowest BCUT2D eigenvalue weighted by molar-refractivity contribution is -0.118. The van der Waals surface area contributed by atoms with Crippen LogP contribution in [0.2, 0.25) is 0 Å². The highest BCUT2D eigenvalue weighted by molar-refractivity contribution is 5.98. The largest absolute Gasteiger partial charge is 0.366 e. The molecule has 1 aromatic rings. The van der Waals surface area contributed by atoms with Gasteiger partial charge in [0.2, 0.25) is 11.8 Å². The van der Waals surface area contributed by atoms with Crippen molar-refractivity contribution in [2.24, 2.45) is 17.4 Å². The minimum Gasteiger partial charge on any atom is -0.366 e. The number of halogens is 2. The van der Waals surface area contributed by atoms with E-state index >= 15 is 0 Å². The van der Waals surface area contributed by atoms with Crippen LogP contribution in [0.3, 0.4) is 0 Å². The molecule has 20 heavy (non-hydrogen) atoms. The fraction of sp³-hybridized carbons (Fsp3) is 0.385. The van der Waals surface area contributed by atoms with Crippen LogP contribution in [0, 0.1) is 11.7 Å². The van der Waals surface area contributed by atoms with Gasteiger partial charge in [0, 0.05) is 5.56 Å². The number of hydrogen-bond acceptors (Lipinski definition) is 3. The molecule has 2 amide bonds. The van der Waals surface area contributed by atoms with Crippen LogP contribution in [0.1, 0.15) is 30.6 Å². The van der Waals surface area contributed by atoms with Crippen LogP contribution in [0.25, 0.3) is 0 Å². The quantitative estimate of drug-likeness (QED) is 0.771. The second-order valence-corrected chi connectivity index (χ2v) is 4.46. The van der Waals surface area contributed by atoms with E-state index in [2.05, 4.69) is 5.32 Å². The molecule has 0 saturated heterocycles. The normalized spacial score (nSPS) is 13.0. The van der Waals surface area contributed by atoms with E-state index in [4.69, 9.17) is 11.5 Å². The second-order valence-electron chi connectivity index (χ2n) is 4.46. The van der Waals surface area contributed by atoms with Gasteiger partial charge in [-0.1, -0.05) is 20.3 Å². The lowest BCUT2D eigenvalue weighted by Gasteiger charge is -2.18. The van der Waals surface area contributed by atoms with Gasteiger partial charge in [-0.15, -0.1) is 12.4 Å². The number of nitrogens with two attached hydrogens (primary N) is 2. The molecule has 0 aliphatic heterocycles. The zero-order chi connectivity index (χ0) is 14.6. The molecule has 0 heterocycles. The Bertz CT molecular complexity index is 497. The highest BCUT2D eigenvalue weighted by Crippen LogP contribution is 2.17. The van der Waals surface area contributed by atoms with Crippen LogP contribution in [0.4, 0.5) is 10.1 Å². The van der Waals surface area contributed by atoms with Gasteiger partial charge in [-0.25, -0.2) is 4.39 Å². The van der Waals surface area contributed by atoms with E-state index in [9.17, 15) is 14.0 Å². The molecule has 0 aliphatic carbocycles. The summed E-state index contributed by atoms with van der Waals surface area (Å²) in [5.41, 5.74) is 10.9. The molecule has 0 saturated carbocycles. The number of carbonyl (C=O) groups excluding carboxylic acids is 2. The molecular weight excluding hydrogens is 285 g/mol. The highest BCUT2D eigenvalue weighted by atomic mass is 35.5. The maximum Gasteiger partial charge on any atom is 0.248 e. The van der Waals surface area contributed by atoms with Crippen molar-refractivity contribution in [2.45, 2.75) is 26.3 Å². The first-order chi connectivity index (χ1) is 8.86. The summed E-state index contributed by atoms with van der Waals surface area (Å²) in [5, 5.41) is 2.37. The number of benzene rings is 1. The number of amides is 2. The summed E-state index contributed by atoms with van der Waals surface area (Å²) in [6.45, 7) is 3.74. The Morgan fingerprint density at radius 2 is 2.00 bits per heavy atom. The topological polar surface area (TPSA) is 98.2 Å². The fourth-order valence-corrected chi connectivity index (χ4v) is 1.50. The van der Waals surface area contributed by atoms with E-state index in [1.54, 1.807) is 0 Å². The zero-order valence-electron chi connectivity index (χ0n) is 11.4. The summed E-state index contributed by atoms with van der Waals surface area (Å²) in [5.74, 6) is -1.85. The molecule has 0 aromatic heterocycles. The van der Waals surface area contributed by atoms with Gasteiger partial charge in [-0.2, -0.15) is 0 Å². The molecule has 1 aromatic carbocycles. The Hall–Kier alpha value is -1.66. The van der Waals surface area contributed by atoms with Crippen LogP contribution in [-0.4, -0.2) is 17.9 Å². The smallest absolute Gasteiger partial charge is 0.248 e. The Morgan fingerprint density at radius 3 is 2.50 bits per heavy atom. The molecule has 1 rings (SSSR count). The van der Waals surface area contributed by atoms with E-state index in [0.717, 1.165) is 12.5 Å². The minimum atomic E-state index is -0.735. The number of anilines is 1. The van der Waals surface area contributed by atoms with Gasteiger partial charge in [0.25, 0.3) is 0 Å². The lowest BCUT2D eigenvalue weighted by Crippen LogP contribution is -2.40. The summed E-state index contributed by atoms with van der Waals surface area (Å²) < 4.78 is 13.5. The maximum atomic E-state index is 13.5. The Kier molecular flexibility index (Phi) is 7.17. The SMILES string of the molecule is CCC(C)C(N)C(=O)Nc1cc(C(N)=O)ccc1F.Cl. The molecule has 112 valence electrons. The Balaban J connectivity index is 0.00000361. The molecular formula is C13H19ClFN3O2. The van der Waals surface area contributed by atoms with Gasteiger partial charge in [0.1, 0.15) is 5.82 Å². The molecule has 2 unspecified atom stereocenters. The first-order valence-corrected chi connectivity index (χ1v) is 6.02. The number of primary amides is 1. The summed E-state index contributed by atoms with van der Waals surface area (Å²) in [4.78, 5) is 22.8. The van der Waals surface area contributed by atoms with Gasteiger partial charge < -0.3 is 16.8 Å². The maximum absolute atomic E-state index is 13.5. The summed E-state index contributed by atoms with van der Waals surface area (Å²) in [7, 11) is 0. The first-order valence-electron chi connectivity index (χ1n) is 6.02. The monoisotopic (exact) mass is 303 g/mol. The zero-order valence-corrected chi connectivity index (χ0v) is 12.2. The molecule has 7 heteroatoms. The standard InChI is InChI=1S/C13H18FN3O2.ClH/c1-3-7(2)11(15)13(19)17-10-6-8(12(16)18)4-5-9(10)14;/h4-7,11H,3,15H2,1-2H3,(H2,16,18)(H,17,19);1H. The highest BCUT2D eigenvalue weighted by Gasteiger charge is 2.20. The van der Waals surface area contributed by atoms with Crippen molar-refractivity contribution in [1.82, 2.24) is 0 Å². The third-order valence-electron chi connectivity index (χ3n) is 3.07. The van der Waals surface area contributed by atoms with E-state index in [1.807, 2.05) is 13.8 Å². The van der Waals surface area contributed by atoms with Crippen LogP contribution in [-0.2, 0) is 4.79 Å². The summed E-state index contributed by atoms with van der Waals surface area (Å²) in [6.07, 6.45) is 0.735. The molecule has 2 atom stereocenters. The van der Waals surface area contributed by atoms with Crippen molar-refractivity contribution in [3.63, 3.8) is 0 Å². The van der Waals surface area contributed by atoms with Crippen molar-refractivity contribution in [3.8, 4) is 0 Å². The van der Waals surface area contributed by atoms with E-state index in [-0.39, 0.29) is 29.6 Å². The molecule has 0 aliphatic rings. The molecule has 0 fully saturated rings. The van der Waals surface area contributed by atoms with Crippen molar-refractivity contribution in [2.75, 3.05) is 5.32 Å². The van der Waals surface area contributed by atoms with Gasteiger partial charge in [0.05, 0.1) is 11.7 Å². The van der Waals surface area contributed by atoms with Gasteiger partial charge in [-0.3, -0.25) is 9.59 Å². The van der Waals surface area contributed by atoms with Crippen molar-refractivity contribution in [1.29, 1.82) is 0 Å². The van der Waals surface area contributed by atoms with Crippen LogP contribution in [0.15, 0.2) is 18.2 Å². The molecule has 0 radical (unpaired) electrons. The van der Waals surface area contributed by atoms with Gasteiger partial charge >= 0.3 is 0 Å². The number of carbonyl (C=O) groups is 2. The van der Waals surface area contributed by atoms with Crippen LogP contribution in [0.5, 0.6) is 0 Å². The number of nitrogens with one attached hydrogen (secondary N) is 1. The van der Waals surface area contributed by atoms with E-state index < -0.39 is 23.7 Å². The van der Waals surface area contributed by atoms with Crippen molar-refractivity contribution < 1.29 is 14.0 Å². The van der Waals surface area contributed by atoms with Gasteiger partial charge in [0.15, 0.2) is 0 Å². The first kappa shape index (κ1) is 18.3. The van der Waals surface area contributed by atoms with Crippen LogP contribution >= 0.6 is 12.4 Å². The average molecular weight is 304 g/mol. The molecule has 5 N–H and O–H groups in total. The molecule has 5 nitrogen and oxygen atoms in total. The van der Waals surface area contributed by atoms with Crippen LogP contribution < -0.4 is 16.8 Å². The Morgan fingerprint density at radius 1 is 1.40 bits per heavy atom. The minimum absolute atomic E-state index is 0. The predicted molar refractivity (Wildman–Crippen MR) is 78.2 cm³/mol. The second kappa shape index (κ2) is 7.81. The third kappa shape index (κ3) is 4.47. The van der Waals surface area contributed by atoms with Gasteiger partial charge in [-0.05, 0) is 24.1 Å². The van der Waals surface area contributed by atoms with E-state index in [0.29, 0.717) is 0 Å². The molecule has 0 bridgehead atoms. The Labute approximate surface area is 123 Å². The molecule has 0 spiro atoms. The predicted octanol–water partition coefficient (Wildman–Crippen LogP) is 1.66. The summed E-state index contributed by atoms with van der Waals surface area (Å²) >= 11 is 0. The number of hydrogen-bond donors (Lipinski definition) is 3. The van der Waals surface area contributed by atoms with E-state index in [1.165, 1.54) is 12.1 Å². The van der Waals surface area contributed by atoms with Crippen molar-refractivity contribution >= 4 is 29.9 Å². The summed E-state index contributed by atoms with van der Waals surface area (Å²) in [6, 6.07) is 2.78. The third-order valence-corrected chi connectivity index (χ3v) is 3.07. The van der Waals surface area contributed by atoms with Crippen molar-refractivity contribution in [3.05, 3.63) is 29.6 Å². The lowest BCUT2D eigenvalue weighted by atomic mass is 9.99. The number of rotatable bonds is 5. The average Bonchev–Trinajstić information content (AvgIpc) is 2.38. The fourth-order valence-electron chi connectivity index (χ4n) is 1.50.